The number of carbonyl (C=O) groups is 1. The molecule has 8 nitrogen and oxygen atoms in total. The smallest absolute Gasteiger partial charge is 0.320 e. The molecule has 0 unspecified atom stereocenters. The van der Waals surface area contributed by atoms with Gasteiger partial charge < -0.3 is 14.7 Å². The van der Waals surface area contributed by atoms with Crippen LogP contribution in [0, 0.1) is 0 Å². The van der Waals surface area contributed by atoms with Crippen molar-refractivity contribution in [2.45, 2.75) is 18.9 Å². The van der Waals surface area contributed by atoms with Crippen molar-refractivity contribution in [3.05, 3.63) is 71.8 Å². The van der Waals surface area contributed by atoms with E-state index in [4.69, 9.17) is 11.6 Å². The number of hydrogen-bond donors (Lipinski definition) is 0. The van der Waals surface area contributed by atoms with Crippen LogP contribution >= 0.6 is 11.6 Å². The summed E-state index contributed by atoms with van der Waals surface area (Å²) < 4.78 is 3.73. The van der Waals surface area contributed by atoms with Crippen LogP contribution < -0.4 is 4.90 Å². The van der Waals surface area contributed by atoms with E-state index in [2.05, 4.69) is 27.2 Å². The number of amides is 2. The molecule has 2 aliphatic rings. The third-order valence-corrected chi connectivity index (χ3v) is 7.43. The Hall–Kier alpha value is -3.52. The molecule has 2 aliphatic heterocycles. The maximum Gasteiger partial charge on any atom is 0.320 e. The van der Waals surface area contributed by atoms with Gasteiger partial charge >= 0.3 is 6.03 Å². The molecule has 5 heterocycles. The lowest BCUT2D eigenvalue weighted by Crippen LogP contribution is -2.52. The van der Waals surface area contributed by atoms with Gasteiger partial charge in [-0.25, -0.2) is 9.31 Å². The number of hydrogen-bond acceptors (Lipinski definition) is 4. The minimum absolute atomic E-state index is 0.131. The zero-order valence-corrected chi connectivity index (χ0v) is 20.5. The molecule has 0 spiro atoms. The Kier molecular flexibility index (Phi) is 5.60. The molecule has 2 fully saturated rings. The molecule has 35 heavy (non-hydrogen) atoms. The minimum Gasteiger partial charge on any atom is -0.365 e. The van der Waals surface area contributed by atoms with Gasteiger partial charge in [0.1, 0.15) is 0 Å². The molecule has 1 atom stereocenters. The van der Waals surface area contributed by atoms with Gasteiger partial charge in [-0.2, -0.15) is 10.2 Å². The van der Waals surface area contributed by atoms with E-state index in [0.29, 0.717) is 13.1 Å². The van der Waals surface area contributed by atoms with Gasteiger partial charge in [0.2, 0.25) is 0 Å². The summed E-state index contributed by atoms with van der Waals surface area (Å²) in [5.41, 5.74) is 5.49. The maximum absolute atomic E-state index is 13.4. The van der Waals surface area contributed by atoms with Gasteiger partial charge in [-0.05, 0) is 36.6 Å². The number of nitrogens with zero attached hydrogens (tertiary/aromatic N) is 7. The first-order chi connectivity index (χ1) is 17.1. The number of pyridine rings is 1. The largest absolute Gasteiger partial charge is 0.365 e. The predicted octanol–water partition coefficient (Wildman–Crippen LogP) is 4.47. The Morgan fingerprint density at radius 2 is 1.71 bits per heavy atom. The quantitative estimate of drug-likeness (QED) is 0.426. The highest BCUT2D eigenvalue weighted by Crippen LogP contribution is 2.34. The zero-order chi connectivity index (χ0) is 23.9. The van der Waals surface area contributed by atoms with Gasteiger partial charge in [0, 0.05) is 68.3 Å². The number of piperazine rings is 1. The van der Waals surface area contributed by atoms with Crippen LogP contribution in [0.2, 0.25) is 5.02 Å². The average molecular weight is 490 g/mol. The summed E-state index contributed by atoms with van der Waals surface area (Å²) in [6.07, 6.45) is 9.86. The van der Waals surface area contributed by atoms with E-state index < -0.39 is 0 Å². The Morgan fingerprint density at radius 3 is 2.46 bits per heavy atom. The molecule has 0 saturated carbocycles. The number of aryl methyl sites for hydroxylation is 1. The molecular weight excluding hydrogens is 462 g/mol. The van der Waals surface area contributed by atoms with E-state index in [1.54, 1.807) is 4.68 Å². The molecular formula is C26H28ClN7O. The first kappa shape index (κ1) is 22.0. The summed E-state index contributed by atoms with van der Waals surface area (Å²) in [6, 6.07) is 12.4. The van der Waals surface area contributed by atoms with Crippen molar-refractivity contribution in [3.63, 3.8) is 0 Å². The van der Waals surface area contributed by atoms with E-state index in [9.17, 15) is 4.79 Å². The number of rotatable bonds is 3. The summed E-state index contributed by atoms with van der Waals surface area (Å²) in [4.78, 5) is 19.8. The SMILES string of the molecule is Cn1cc(-c2ccc3c(N4CCN(C(=O)N5CCC[C@@H]5c5ccc(Cl)cc5)CC4)cnn3c2)cn1. The third-order valence-electron chi connectivity index (χ3n) is 7.18. The monoisotopic (exact) mass is 489 g/mol. The number of likely N-dealkylation sites (tertiary alicyclic amines) is 1. The van der Waals surface area contributed by atoms with Crippen LogP contribution in [-0.4, -0.2) is 67.9 Å². The average Bonchev–Trinajstić information content (AvgIpc) is 3.63. The van der Waals surface area contributed by atoms with Gasteiger partial charge in [0.05, 0.1) is 29.6 Å². The predicted molar refractivity (Wildman–Crippen MR) is 137 cm³/mol. The molecule has 1 aromatic carbocycles. The number of carbonyl (C=O) groups excluding carboxylic acids is 1. The second-order valence-electron chi connectivity index (χ2n) is 9.34. The minimum atomic E-state index is 0.131. The molecule has 3 aromatic heterocycles. The normalized spacial score (nSPS) is 18.6. The first-order valence-corrected chi connectivity index (χ1v) is 12.5. The van der Waals surface area contributed by atoms with E-state index in [-0.39, 0.29) is 12.1 Å². The van der Waals surface area contributed by atoms with E-state index in [1.807, 2.05) is 70.4 Å². The van der Waals surface area contributed by atoms with Crippen LogP contribution in [0.1, 0.15) is 24.4 Å². The number of halogens is 1. The molecule has 2 saturated heterocycles. The van der Waals surface area contributed by atoms with Gasteiger partial charge in [0.15, 0.2) is 0 Å². The molecule has 9 heteroatoms. The van der Waals surface area contributed by atoms with Crippen molar-refractivity contribution in [1.82, 2.24) is 29.2 Å². The standard InChI is InChI=1S/C26H28ClN7O/c1-30-17-21(15-28-30)20-6-9-24-25(16-29-34(24)18-20)31-11-13-32(14-12-31)26(35)33-10-2-3-23(33)19-4-7-22(27)8-5-19/h4-9,15-18,23H,2-3,10-14H2,1H3/t23-/m1/s1. The highest BCUT2D eigenvalue weighted by Gasteiger charge is 2.34. The Bertz CT molecular complexity index is 1350. The number of anilines is 1. The Morgan fingerprint density at radius 1 is 0.914 bits per heavy atom. The van der Waals surface area contributed by atoms with E-state index in [0.717, 1.165) is 65.4 Å². The highest BCUT2D eigenvalue weighted by atomic mass is 35.5. The van der Waals surface area contributed by atoms with Crippen LogP contribution in [0.15, 0.2) is 61.2 Å². The summed E-state index contributed by atoms with van der Waals surface area (Å²) in [6.45, 7) is 3.79. The maximum atomic E-state index is 13.4. The molecule has 6 rings (SSSR count). The number of fused-ring (bicyclic) bond motifs is 1. The van der Waals surface area contributed by atoms with Gasteiger partial charge in [-0.15, -0.1) is 0 Å². The van der Waals surface area contributed by atoms with Crippen molar-refractivity contribution >= 4 is 28.8 Å². The molecule has 0 aliphatic carbocycles. The topological polar surface area (TPSA) is 61.9 Å². The number of benzene rings is 1. The van der Waals surface area contributed by atoms with Crippen LogP contribution in [0.25, 0.3) is 16.6 Å². The fourth-order valence-corrected chi connectivity index (χ4v) is 5.43. The van der Waals surface area contributed by atoms with Gasteiger partial charge in [-0.3, -0.25) is 4.68 Å². The number of urea groups is 1. The van der Waals surface area contributed by atoms with Crippen LogP contribution in [0.3, 0.4) is 0 Å². The first-order valence-electron chi connectivity index (χ1n) is 12.1. The molecule has 180 valence electrons. The molecule has 0 bridgehead atoms. The fraction of sp³-hybridized carbons (Fsp3) is 0.346. The molecule has 2 amide bonds. The highest BCUT2D eigenvalue weighted by molar-refractivity contribution is 6.30. The van der Waals surface area contributed by atoms with Crippen molar-refractivity contribution in [2.24, 2.45) is 7.05 Å². The third kappa shape index (κ3) is 4.12. The van der Waals surface area contributed by atoms with Gasteiger partial charge in [-0.1, -0.05) is 29.8 Å². The van der Waals surface area contributed by atoms with Crippen LogP contribution in [0.4, 0.5) is 10.5 Å². The lowest BCUT2D eigenvalue weighted by atomic mass is 10.0. The summed E-state index contributed by atoms with van der Waals surface area (Å²) in [7, 11) is 1.92. The Balaban J connectivity index is 1.14. The second-order valence-corrected chi connectivity index (χ2v) is 9.78. The van der Waals surface area contributed by atoms with Gasteiger partial charge in [0.25, 0.3) is 0 Å². The number of aromatic nitrogens is 4. The van der Waals surface area contributed by atoms with Crippen molar-refractivity contribution in [2.75, 3.05) is 37.6 Å². The summed E-state index contributed by atoms with van der Waals surface area (Å²) in [5, 5.41) is 9.59. The van der Waals surface area contributed by atoms with E-state index >= 15 is 0 Å². The van der Waals surface area contributed by atoms with Crippen molar-refractivity contribution < 1.29 is 4.79 Å². The van der Waals surface area contributed by atoms with E-state index in [1.165, 1.54) is 0 Å². The zero-order valence-electron chi connectivity index (χ0n) is 19.7. The second kappa shape index (κ2) is 8.92. The lowest BCUT2D eigenvalue weighted by molar-refractivity contribution is 0.145. The van der Waals surface area contributed by atoms with Crippen LogP contribution in [-0.2, 0) is 7.05 Å². The van der Waals surface area contributed by atoms with Crippen molar-refractivity contribution in [3.8, 4) is 11.1 Å². The fourth-order valence-electron chi connectivity index (χ4n) is 5.30. The van der Waals surface area contributed by atoms with Crippen LogP contribution in [0.5, 0.6) is 0 Å². The molecule has 0 N–H and O–H groups in total. The lowest BCUT2D eigenvalue weighted by Gasteiger charge is -2.38. The molecule has 0 radical (unpaired) electrons. The Labute approximate surface area is 209 Å². The summed E-state index contributed by atoms with van der Waals surface area (Å²) in [5.74, 6) is 0. The molecule has 4 aromatic rings. The van der Waals surface area contributed by atoms with Crippen molar-refractivity contribution in [1.29, 1.82) is 0 Å². The summed E-state index contributed by atoms with van der Waals surface area (Å²) >= 11 is 6.07.